The molecule has 1 fully saturated rings. The molecule has 0 spiro atoms. The van der Waals surface area contributed by atoms with Crippen molar-refractivity contribution < 1.29 is 13.6 Å². The van der Waals surface area contributed by atoms with Crippen molar-refractivity contribution in [1.82, 2.24) is 4.90 Å². The number of hydrogen-bond donors (Lipinski definition) is 1. The predicted octanol–water partition coefficient (Wildman–Crippen LogP) is 3.75. The summed E-state index contributed by atoms with van der Waals surface area (Å²) in [4.78, 5) is 16.9. The van der Waals surface area contributed by atoms with Crippen LogP contribution >= 0.6 is 0 Å². The lowest BCUT2D eigenvalue weighted by atomic mass is 10.2. The van der Waals surface area contributed by atoms with Crippen LogP contribution in [0.4, 0.5) is 20.2 Å². The molecular weight excluding hydrogens is 336 g/mol. The molecule has 3 rings (SSSR count). The minimum Gasteiger partial charge on any atom is -0.369 e. The van der Waals surface area contributed by atoms with Gasteiger partial charge in [-0.1, -0.05) is 0 Å². The van der Waals surface area contributed by atoms with Crippen molar-refractivity contribution >= 4 is 17.3 Å². The smallest absolute Gasteiger partial charge is 0.255 e. The van der Waals surface area contributed by atoms with Crippen LogP contribution in [0, 0.1) is 11.6 Å². The van der Waals surface area contributed by atoms with Crippen LogP contribution in [-0.4, -0.2) is 43.0 Å². The summed E-state index contributed by atoms with van der Waals surface area (Å²) in [6, 6.07) is 11.2. The first-order valence-corrected chi connectivity index (χ1v) is 8.79. The number of anilines is 2. The zero-order valence-electron chi connectivity index (χ0n) is 15.0. The molecule has 0 bridgehead atoms. The number of amides is 1. The molecule has 1 N–H and O–H groups in total. The second-order valence-electron chi connectivity index (χ2n) is 6.75. The van der Waals surface area contributed by atoms with Gasteiger partial charge in [0.2, 0.25) is 0 Å². The molecule has 0 radical (unpaired) electrons. The van der Waals surface area contributed by atoms with Gasteiger partial charge in [0, 0.05) is 49.2 Å². The molecule has 2 aromatic carbocycles. The number of piperazine rings is 1. The topological polar surface area (TPSA) is 35.6 Å². The highest BCUT2D eigenvalue weighted by Gasteiger charge is 2.19. The Morgan fingerprint density at radius 2 is 1.62 bits per heavy atom. The van der Waals surface area contributed by atoms with E-state index in [4.69, 9.17) is 0 Å². The molecule has 1 amide bonds. The Hall–Kier alpha value is -2.47. The Balaban J connectivity index is 1.61. The number of hydrogen-bond acceptors (Lipinski definition) is 3. The summed E-state index contributed by atoms with van der Waals surface area (Å²) < 4.78 is 26.2. The Bertz CT molecular complexity index is 769. The van der Waals surface area contributed by atoms with Gasteiger partial charge in [-0.15, -0.1) is 0 Å². The first kappa shape index (κ1) is 18.3. The van der Waals surface area contributed by atoms with E-state index in [2.05, 4.69) is 29.0 Å². The van der Waals surface area contributed by atoms with Gasteiger partial charge in [-0.2, -0.15) is 0 Å². The number of nitrogens with one attached hydrogen (secondary N) is 1. The molecule has 0 aliphatic carbocycles. The van der Waals surface area contributed by atoms with Gasteiger partial charge in [0.05, 0.1) is 0 Å². The minimum absolute atomic E-state index is 0.0813. The average molecular weight is 359 g/mol. The highest BCUT2D eigenvalue weighted by atomic mass is 19.2. The SMILES string of the molecule is CC(C)N1CCN(c2ccc(NC(=O)c3ccc(F)c(F)c3)cc2)CC1. The van der Waals surface area contributed by atoms with Crippen molar-refractivity contribution in [2.24, 2.45) is 0 Å². The number of halogens is 2. The fourth-order valence-electron chi connectivity index (χ4n) is 3.09. The van der Waals surface area contributed by atoms with Crippen molar-refractivity contribution in [3.05, 3.63) is 59.7 Å². The summed E-state index contributed by atoms with van der Waals surface area (Å²) in [5.74, 6) is -2.47. The molecule has 1 saturated heterocycles. The monoisotopic (exact) mass is 359 g/mol. The van der Waals surface area contributed by atoms with Crippen LogP contribution in [0.3, 0.4) is 0 Å². The average Bonchev–Trinajstić information content (AvgIpc) is 2.64. The summed E-state index contributed by atoms with van der Waals surface area (Å²) in [5, 5.41) is 2.70. The van der Waals surface area contributed by atoms with E-state index in [9.17, 15) is 13.6 Å². The number of benzene rings is 2. The molecule has 1 aliphatic rings. The number of carbonyl (C=O) groups excluding carboxylic acids is 1. The second-order valence-corrected chi connectivity index (χ2v) is 6.75. The van der Waals surface area contributed by atoms with E-state index in [0.29, 0.717) is 11.7 Å². The maximum absolute atomic E-state index is 13.3. The molecule has 2 aromatic rings. The van der Waals surface area contributed by atoms with Gasteiger partial charge in [0.15, 0.2) is 11.6 Å². The zero-order valence-corrected chi connectivity index (χ0v) is 15.0. The van der Waals surface area contributed by atoms with E-state index in [1.807, 2.05) is 24.3 Å². The largest absolute Gasteiger partial charge is 0.369 e. The van der Waals surface area contributed by atoms with E-state index in [1.165, 1.54) is 6.07 Å². The van der Waals surface area contributed by atoms with Gasteiger partial charge >= 0.3 is 0 Å². The van der Waals surface area contributed by atoms with Crippen molar-refractivity contribution in [3.8, 4) is 0 Å². The van der Waals surface area contributed by atoms with Crippen molar-refractivity contribution in [2.75, 3.05) is 36.4 Å². The Labute approximate surface area is 152 Å². The molecule has 6 heteroatoms. The van der Waals surface area contributed by atoms with E-state index < -0.39 is 17.5 Å². The van der Waals surface area contributed by atoms with Crippen molar-refractivity contribution in [3.63, 3.8) is 0 Å². The number of rotatable bonds is 4. The summed E-state index contributed by atoms with van der Waals surface area (Å²) in [6.45, 7) is 8.43. The Kier molecular flexibility index (Phi) is 5.52. The summed E-state index contributed by atoms with van der Waals surface area (Å²) >= 11 is 0. The van der Waals surface area contributed by atoms with Crippen LogP contribution < -0.4 is 10.2 Å². The first-order valence-electron chi connectivity index (χ1n) is 8.79. The predicted molar refractivity (Wildman–Crippen MR) is 99.7 cm³/mol. The van der Waals surface area contributed by atoms with Gasteiger partial charge in [0.25, 0.3) is 5.91 Å². The van der Waals surface area contributed by atoms with E-state index in [1.54, 1.807) is 0 Å². The Morgan fingerprint density at radius 3 is 2.19 bits per heavy atom. The number of nitrogens with zero attached hydrogens (tertiary/aromatic N) is 2. The third kappa shape index (κ3) is 4.19. The van der Waals surface area contributed by atoms with Gasteiger partial charge in [-0.25, -0.2) is 8.78 Å². The molecule has 0 saturated carbocycles. The van der Waals surface area contributed by atoms with E-state index in [-0.39, 0.29) is 5.56 Å². The van der Waals surface area contributed by atoms with Gasteiger partial charge in [-0.3, -0.25) is 9.69 Å². The highest BCUT2D eigenvalue weighted by molar-refractivity contribution is 6.04. The van der Waals surface area contributed by atoms with Crippen LogP contribution in [0.2, 0.25) is 0 Å². The van der Waals surface area contributed by atoms with Crippen LogP contribution in [0.15, 0.2) is 42.5 Å². The van der Waals surface area contributed by atoms with Crippen LogP contribution in [0.25, 0.3) is 0 Å². The first-order chi connectivity index (χ1) is 12.4. The lowest BCUT2D eigenvalue weighted by Gasteiger charge is -2.38. The molecule has 4 nitrogen and oxygen atoms in total. The second kappa shape index (κ2) is 7.83. The zero-order chi connectivity index (χ0) is 18.7. The van der Waals surface area contributed by atoms with Crippen LogP contribution in [0.5, 0.6) is 0 Å². The normalized spacial score (nSPS) is 15.3. The quantitative estimate of drug-likeness (QED) is 0.903. The highest BCUT2D eigenvalue weighted by Crippen LogP contribution is 2.21. The van der Waals surface area contributed by atoms with Crippen molar-refractivity contribution in [1.29, 1.82) is 0 Å². The number of carbonyl (C=O) groups is 1. The third-order valence-electron chi connectivity index (χ3n) is 4.72. The Morgan fingerprint density at radius 1 is 0.962 bits per heavy atom. The molecule has 0 atom stereocenters. The lowest BCUT2D eigenvalue weighted by molar-refractivity contribution is 0.102. The standard InChI is InChI=1S/C20H23F2N3O/c1-14(2)24-9-11-25(12-10-24)17-6-4-16(5-7-17)23-20(26)15-3-8-18(21)19(22)13-15/h3-8,13-14H,9-12H2,1-2H3,(H,23,26). The van der Waals surface area contributed by atoms with Gasteiger partial charge in [0.1, 0.15) is 0 Å². The summed E-state index contributed by atoms with van der Waals surface area (Å²) in [7, 11) is 0. The molecule has 0 aromatic heterocycles. The molecule has 1 aliphatic heterocycles. The lowest BCUT2D eigenvalue weighted by Crippen LogP contribution is -2.48. The van der Waals surface area contributed by atoms with Crippen LogP contribution in [-0.2, 0) is 0 Å². The maximum atomic E-state index is 13.3. The third-order valence-corrected chi connectivity index (χ3v) is 4.72. The van der Waals surface area contributed by atoms with Crippen LogP contribution in [0.1, 0.15) is 24.2 Å². The fourth-order valence-corrected chi connectivity index (χ4v) is 3.09. The fraction of sp³-hybridized carbons (Fsp3) is 0.350. The summed E-state index contributed by atoms with van der Waals surface area (Å²) in [6.07, 6.45) is 0. The summed E-state index contributed by atoms with van der Waals surface area (Å²) in [5.41, 5.74) is 1.81. The maximum Gasteiger partial charge on any atom is 0.255 e. The molecule has 1 heterocycles. The van der Waals surface area contributed by atoms with Gasteiger partial charge in [-0.05, 0) is 56.3 Å². The minimum atomic E-state index is -1.03. The van der Waals surface area contributed by atoms with Gasteiger partial charge < -0.3 is 10.2 Å². The molecule has 26 heavy (non-hydrogen) atoms. The molecular formula is C20H23F2N3O. The molecule has 138 valence electrons. The van der Waals surface area contributed by atoms with E-state index >= 15 is 0 Å². The van der Waals surface area contributed by atoms with Crippen molar-refractivity contribution in [2.45, 2.75) is 19.9 Å². The van der Waals surface area contributed by atoms with E-state index in [0.717, 1.165) is 44.0 Å². The molecule has 0 unspecified atom stereocenters.